The first kappa shape index (κ1) is 33.5. The van der Waals surface area contributed by atoms with Crippen molar-refractivity contribution in [2.24, 2.45) is 40.9 Å². The minimum atomic E-state index is 0.0728. The van der Waals surface area contributed by atoms with Gasteiger partial charge in [-0.25, -0.2) is 0 Å². The van der Waals surface area contributed by atoms with Crippen LogP contribution in [0, 0.1) is 40.9 Å². The second-order valence-corrected chi connectivity index (χ2v) is 18.3. The molecule has 0 heterocycles. The van der Waals surface area contributed by atoms with Crippen molar-refractivity contribution in [2.45, 2.75) is 96.3 Å². The molecule has 2 bridgehead atoms. The Balaban J connectivity index is 1.00. The van der Waals surface area contributed by atoms with E-state index in [0.29, 0.717) is 23.7 Å². The third kappa shape index (κ3) is 5.98. The largest absolute Gasteiger partial charge is 0.311 e. The number of benzene rings is 3. The summed E-state index contributed by atoms with van der Waals surface area (Å²) in [6.45, 7) is 5.09. The average Bonchev–Trinajstić information content (AvgIpc) is 3.92. The highest BCUT2D eigenvalue weighted by Crippen LogP contribution is 2.60. The van der Waals surface area contributed by atoms with Crippen LogP contribution in [-0.2, 0) is 0 Å². The molecule has 270 valence electrons. The van der Waals surface area contributed by atoms with Gasteiger partial charge in [-0.05, 0) is 150 Å². The first-order valence-electron chi connectivity index (χ1n) is 21.2. The van der Waals surface area contributed by atoms with Crippen LogP contribution in [0.2, 0.25) is 0 Å². The van der Waals surface area contributed by atoms with Gasteiger partial charge >= 0.3 is 0 Å². The Bertz CT molecular complexity index is 2010. The zero-order valence-electron chi connectivity index (χ0n) is 32.0. The predicted octanol–water partition coefficient (Wildman–Crippen LogP) is 14.0. The van der Waals surface area contributed by atoms with E-state index in [9.17, 15) is 0 Å². The molecule has 3 saturated carbocycles. The zero-order valence-corrected chi connectivity index (χ0v) is 32.0. The van der Waals surface area contributed by atoms with E-state index in [1.165, 1.54) is 91.6 Å². The van der Waals surface area contributed by atoms with Gasteiger partial charge in [-0.3, -0.25) is 0 Å². The Morgan fingerprint density at radius 3 is 2.13 bits per heavy atom. The minimum Gasteiger partial charge on any atom is -0.311 e. The summed E-state index contributed by atoms with van der Waals surface area (Å²) in [6.07, 6.45) is 34.5. The lowest BCUT2D eigenvalue weighted by Crippen LogP contribution is -2.29. The van der Waals surface area contributed by atoms with Gasteiger partial charge in [0.25, 0.3) is 0 Å². The van der Waals surface area contributed by atoms with E-state index in [1.54, 1.807) is 16.7 Å². The van der Waals surface area contributed by atoms with Gasteiger partial charge in [-0.2, -0.15) is 0 Å². The maximum Gasteiger partial charge on any atom is 0.0461 e. The van der Waals surface area contributed by atoms with Crippen molar-refractivity contribution in [3.63, 3.8) is 0 Å². The maximum absolute atomic E-state index is 2.66. The molecule has 1 nitrogen and oxygen atoms in total. The molecule has 7 aliphatic rings. The molecule has 1 heteroatoms. The van der Waals surface area contributed by atoms with Crippen LogP contribution < -0.4 is 4.90 Å². The third-order valence-electron chi connectivity index (χ3n) is 15.1. The Morgan fingerprint density at radius 1 is 0.698 bits per heavy atom. The highest BCUT2D eigenvalue weighted by molar-refractivity contribution is 5.76. The molecule has 7 unspecified atom stereocenters. The molecule has 3 aromatic carbocycles. The fourth-order valence-corrected chi connectivity index (χ4v) is 12.2. The molecule has 53 heavy (non-hydrogen) atoms. The summed E-state index contributed by atoms with van der Waals surface area (Å²) < 4.78 is 0. The topological polar surface area (TPSA) is 3.24 Å². The summed E-state index contributed by atoms with van der Waals surface area (Å²) in [6, 6.07) is 30.8. The molecule has 7 aliphatic carbocycles. The van der Waals surface area contributed by atoms with Crippen molar-refractivity contribution in [3.05, 3.63) is 161 Å². The summed E-state index contributed by atoms with van der Waals surface area (Å²) in [5.41, 5.74) is 13.2. The van der Waals surface area contributed by atoms with Crippen molar-refractivity contribution in [1.29, 1.82) is 0 Å². The van der Waals surface area contributed by atoms with E-state index in [0.717, 1.165) is 36.5 Å². The lowest BCUT2D eigenvalue weighted by atomic mass is 9.67. The van der Waals surface area contributed by atoms with E-state index in [2.05, 4.69) is 146 Å². The smallest absolute Gasteiger partial charge is 0.0461 e. The van der Waals surface area contributed by atoms with Gasteiger partial charge < -0.3 is 4.90 Å². The summed E-state index contributed by atoms with van der Waals surface area (Å²) in [5.74, 6) is 5.20. The molecule has 0 spiro atoms. The van der Waals surface area contributed by atoms with Crippen molar-refractivity contribution in [2.75, 3.05) is 4.90 Å². The van der Waals surface area contributed by atoms with Crippen LogP contribution in [0.15, 0.2) is 144 Å². The van der Waals surface area contributed by atoms with Crippen molar-refractivity contribution < 1.29 is 0 Å². The van der Waals surface area contributed by atoms with Crippen LogP contribution in [0.1, 0.15) is 113 Å². The first-order chi connectivity index (χ1) is 26.0. The quantitative estimate of drug-likeness (QED) is 0.238. The van der Waals surface area contributed by atoms with E-state index < -0.39 is 0 Å². The maximum atomic E-state index is 2.66. The van der Waals surface area contributed by atoms with Crippen LogP contribution in [0.4, 0.5) is 11.4 Å². The highest BCUT2D eigenvalue weighted by Gasteiger charge is 2.49. The highest BCUT2D eigenvalue weighted by atomic mass is 15.1. The number of fused-ring (bicyclic) bond motifs is 4. The monoisotopic (exact) mass is 695 g/mol. The Hall–Kier alpha value is -4.10. The van der Waals surface area contributed by atoms with Crippen LogP contribution in [0.3, 0.4) is 0 Å². The van der Waals surface area contributed by atoms with E-state index in [-0.39, 0.29) is 5.41 Å². The molecule has 0 N–H and O–H groups in total. The van der Waals surface area contributed by atoms with Crippen molar-refractivity contribution in [3.8, 4) is 0 Å². The molecule has 0 amide bonds. The Kier molecular flexibility index (Phi) is 8.61. The minimum absolute atomic E-state index is 0.0728. The summed E-state index contributed by atoms with van der Waals surface area (Å²) in [7, 11) is 0. The van der Waals surface area contributed by atoms with Gasteiger partial charge in [0.15, 0.2) is 0 Å². The number of nitrogens with zero attached hydrogens (tertiary/aromatic N) is 1. The van der Waals surface area contributed by atoms with Gasteiger partial charge in [0.2, 0.25) is 0 Å². The number of allylic oxidation sites excluding steroid dienone is 11. The lowest BCUT2D eigenvalue weighted by Gasteiger charge is -2.38. The van der Waals surface area contributed by atoms with Crippen LogP contribution in [0.25, 0.3) is 5.57 Å². The van der Waals surface area contributed by atoms with Gasteiger partial charge in [0.1, 0.15) is 0 Å². The Labute approximate surface area is 319 Å². The SMILES string of the molecule is CC1(C)C2=C(C=C(c3ccccc3)C(C3C=CC=CC3)C2)C2C=CC(N(c3ccc(C4CCCCC4)cc3)c3ccc(C4CC5CCC4C5)cc3)=CC21. The summed E-state index contributed by atoms with van der Waals surface area (Å²) >= 11 is 0. The molecular formula is C52H57N. The number of hydrogen-bond acceptors (Lipinski definition) is 1. The average molecular weight is 696 g/mol. The molecule has 10 rings (SSSR count). The number of anilines is 2. The van der Waals surface area contributed by atoms with Gasteiger partial charge in [0, 0.05) is 23.0 Å². The molecule has 7 atom stereocenters. The van der Waals surface area contributed by atoms with Crippen LogP contribution in [-0.4, -0.2) is 0 Å². The molecule has 0 radical (unpaired) electrons. The van der Waals surface area contributed by atoms with Gasteiger partial charge in [0.05, 0.1) is 0 Å². The van der Waals surface area contributed by atoms with Crippen molar-refractivity contribution in [1.82, 2.24) is 0 Å². The third-order valence-corrected chi connectivity index (χ3v) is 15.1. The van der Waals surface area contributed by atoms with E-state index >= 15 is 0 Å². The van der Waals surface area contributed by atoms with Crippen molar-refractivity contribution >= 4 is 16.9 Å². The van der Waals surface area contributed by atoms with Gasteiger partial charge in [-0.1, -0.05) is 142 Å². The molecule has 3 fully saturated rings. The molecule has 0 saturated heterocycles. The van der Waals surface area contributed by atoms with E-state index in [1.807, 2.05) is 0 Å². The normalized spacial score (nSPS) is 31.3. The van der Waals surface area contributed by atoms with E-state index in [4.69, 9.17) is 0 Å². The fourth-order valence-electron chi connectivity index (χ4n) is 12.2. The molecule has 0 aliphatic heterocycles. The van der Waals surface area contributed by atoms with Gasteiger partial charge in [-0.15, -0.1) is 0 Å². The first-order valence-corrected chi connectivity index (χ1v) is 21.2. The molecule has 3 aromatic rings. The zero-order chi connectivity index (χ0) is 35.5. The standard InChI is InChI=1S/C52H57N/c1-52(2)50-32-44(28-29-45(50)49-33-47(38-14-8-4-9-15-38)48(34-51(49)52)39-16-10-5-11-17-39)53(42-24-20-37(21-25-42)36-12-6-3-7-13-36)43-26-22-40(23-27-43)46-31-35-18-19-41(46)30-35/h4-5,8-11,14-16,20-29,32-33,35-36,39,41,45-46,48,50H,3,6-7,12-13,17-19,30-31,34H2,1-2H3. The number of hydrogen-bond donors (Lipinski definition) is 0. The second kappa shape index (κ2) is 13.6. The lowest BCUT2D eigenvalue weighted by molar-refractivity contribution is 0.299. The summed E-state index contributed by atoms with van der Waals surface area (Å²) in [4.78, 5) is 2.57. The summed E-state index contributed by atoms with van der Waals surface area (Å²) in [5, 5.41) is 0. The van der Waals surface area contributed by atoms with Crippen LogP contribution >= 0.6 is 0 Å². The van der Waals surface area contributed by atoms with Crippen LogP contribution in [0.5, 0.6) is 0 Å². The Morgan fingerprint density at radius 2 is 1.45 bits per heavy atom. The number of rotatable bonds is 7. The molecule has 0 aromatic heterocycles. The molecular weight excluding hydrogens is 639 g/mol. The predicted molar refractivity (Wildman–Crippen MR) is 223 cm³/mol. The fraction of sp³-hybridized carbons (Fsp3) is 0.423. The second-order valence-electron chi connectivity index (χ2n) is 18.3.